The minimum atomic E-state index is -0.0725. The van der Waals surface area contributed by atoms with Crippen LogP contribution in [-0.4, -0.2) is 4.57 Å². The van der Waals surface area contributed by atoms with Crippen LogP contribution in [0.2, 0.25) is 0 Å². The van der Waals surface area contributed by atoms with Crippen LogP contribution in [0, 0.1) is 0 Å². The second kappa shape index (κ2) is 12.4. The van der Waals surface area contributed by atoms with Gasteiger partial charge >= 0.3 is 0 Å². The zero-order valence-corrected chi connectivity index (χ0v) is 30.1. The third-order valence-corrected chi connectivity index (χ3v) is 11.5. The monoisotopic (exact) mass is 680 g/mol. The van der Waals surface area contributed by atoms with Crippen molar-refractivity contribution in [2.75, 3.05) is 4.90 Å². The first-order chi connectivity index (χ1) is 26.1. The highest BCUT2D eigenvalue weighted by molar-refractivity contribution is 6.16. The summed E-state index contributed by atoms with van der Waals surface area (Å²) < 4.78 is 2.46. The zero-order valence-electron chi connectivity index (χ0n) is 30.1. The molecule has 1 heterocycles. The standard InChI is InChI=1S/C51H40N2/c1-51(2)45-29-14-12-24-40(45)41-33-32-38(34-46(41)51)52(36-20-8-4-9-21-36)48-31-17-26-39(35-18-6-3-7-19-35)49(48)44-28-16-27-43-42-25-13-15-30-47(42)53(50(43)44)37-22-10-5-11-23-37/h3-11,13-23,25-34H,12,24H2,1-2H3. The molecule has 0 fully saturated rings. The molecule has 0 saturated heterocycles. The Balaban J connectivity index is 1.30. The summed E-state index contributed by atoms with van der Waals surface area (Å²) in [5.41, 5.74) is 17.5. The number of nitrogens with zero attached hydrogens (tertiary/aromatic N) is 2. The van der Waals surface area contributed by atoms with Crippen molar-refractivity contribution in [1.29, 1.82) is 0 Å². The maximum Gasteiger partial charge on any atom is 0.0620 e. The topological polar surface area (TPSA) is 8.17 Å². The fourth-order valence-corrected chi connectivity index (χ4v) is 9.06. The highest BCUT2D eigenvalue weighted by Crippen LogP contribution is 2.53. The van der Waals surface area contributed by atoms with Crippen molar-refractivity contribution in [2.24, 2.45) is 0 Å². The van der Waals surface area contributed by atoms with E-state index < -0.39 is 0 Å². The van der Waals surface area contributed by atoms with Gasteiger partial charge in [-0.15, -0.1) is 0 Å². The Morgan fingerprint density at radius 1 is 0.566 bits per heavy atom. The van der Waals surface area contributed by atoms with E-state index in [-0.39, 0.29) is 5.41 Å². The Morgan fingerprint density at radius 3 is 2.06 bits per heavy atom. The van der Waals surface area contributed by atoms with Gasteiger partial charge in [0.1, 0.15) is 0 Å². The molecule has 2 aliphatic rings. The summed E-state index contributed by atoms with van der Waals surface area (Å²) in [5.74, 6) is 0. The number of rotatable bonds is 6. The van der Waals surface area contributed by atoms with Gasteiger partial charge in [0.2, 0.25) is 0 Å². The number of allylic oxidation sites excluding steroid dienone is 4. The van der Waals surface area contributed by atoms with Crippen LogP contribution >= 0.6 is 0 Å². The lowest BCUT2D eigenvalue weighted by atomic mass is 9.80. The summed E-state index contributed by atoms with van der Waals surface area (Å²) in [7, 11) is 0. The Bertz CT molecular complexity index is 2730. The first kappa shape index (κ1) is 31.4. The van der Waals surface area contributed by atoms with Crippen LogP contribution in [0.5, 0.6) is 0 Å². The van der Waals surface area contributed by atoms with Crippen LogP contribution in [0.15, 0.2) is 188 Å². The normalized spacial score (nSPS) is 14.5. The van der Waals surface area contributed by atoms with Gasteiger partial charge in [-0.2, -0.15) is 0 Å². The molecular formula is C51H40N2. The Kier molecular flexibility index (Phi) is 7.33. The van der Waals surface area contributed by atoms with Crippen molar-refractivity contribution in [2.45, 2.75) is 32.1 Å². The van der Waals surface area contributed by atoms with Gasteiger partial charge in [0.15, 0.2) is 0 Å². The summed E-state index contributed by atoms with van der Waals surface area (Å²) in [5, 5.41) is 2.49. The highest BCUT2D eigenvalue weighted by Gasteiger charge is 2.37. The van der Waals surface area contributed by atoms with E-state index in [1.807, 2.05) is 0 Å². The molecule has 2 aliphatic carbocycles. The average Bonchev–Trinajstić information content (AvgIpc) is 3.68. The Morgan fingerprint density at radius 2 is 1.25 bits per heavy atom. The Hall–Kier alpha value is -6.38. The van der Waals surface area contributed by atoms with Crippen molar-refractivity contribution in [3.63, 3.8) is 0 Å². The quantitative estimate of drug-likeness (QED) is 0.170. The number of para-hydroxylation sites is 4. The summed E-state index contributed by atoms with van der Waals surface area (Å²) in [6.45, 7) is 4.79. The van der Waals surface area contributed by atoms with Crippen molar-refractivity contribution < 1.29 is 0 Å². The molecule has 0 amide bonds. The van der Waals surface area contributed by atoms with E-state index in [0.29, 0.717) is 0 Å². The number of aromatic nitrogens is 1. The third kappa shape index (κ3) is 4.94. The van der Waals surface area contributed by atoms with E-state index in [4.69, 9.17) is 0 Å². The average molecular weight is 681 g/mol. The van der Waals surface area contributed by atoms with E-state index >= 15 is 0 Å². The van der Waals surface area contributed by atoms with Gasteiger partial charge in [-0.1, -0.05) is 147 Å². The summed E-state index contributed by atoms with van der Waals surface area (Å²) in [6, 6.07) is 62.3. The van der Waals surface area contributed by atoms with E-state index in [9.17, 15) is 0 Å². The van der Waals surface area contributed by atoms with Gasteiger partial charge in [0, 0.05) is 44.4 Å². The maximum absolute atomic E-state index is 2.49. The third-order valence-electron chi connectivity index (χ3n) is 11.5. The summed E-state index contributed by atoms with van der Waals surface area (Å²) in [4.78, 5) is 2.49. The van der Waals surface area contributed by atoms with Crippen molar-refractivity contribution in [1.82, 2.24) is 4.57 Å². The van der Waals surface area contributed by atoms with Gasteiger partial charge in [-0.25, -0.2) is 0 Å². The van der Waals surface area contributed by atoms with Crippen LogP contribution in [-0.2, 0) is 5.41 Å². The molecule has 0 saturated carbocycles. The second-order valence-electron chi connectivity index (χ2n) is 14.8. The number of benzene rings is 7. The zero-order chi connectivity index (χ0) is 35.5. The molecule has 2 nitrogen and oxygen atoms in total. The lowest BCUT2D eigenvalue weighted by molar-refractivity contribution is 0.651. The summed E-state index contributed by atoms with van der Waals surface area (Å²) >= 11 is 0. The fourth-order valence-electron chi connectivity index (χ4n) is 9.06. The van der Waals surface area contributed by atoms with Crippen molar-refractivity contribution in [3.05, 3.63) is 199 Å². The second-order valence-corrected chi connectivity index (χ2v) is 14.8. The minimum Gasteiger partial charge on any atom is -0.310 e. The van der Waals surface area contributed by atoms with Gasteiger partial charge < -0.3 is 9.47 Å². The van der Waals surface area contributed by atoms with Crippen LogP contribution in [0.4, 0.5) is 17.1 Å². The van der Waals surface area contributed by atoms with Crippen molar-refractivity contribution in [3.8, 4) is 27.9 Å². The van der Waals surface area contributed by atoms with E-state index in [1.165, 1.54) is 66.3 Å². The maximum atomic E-state index is 2.49. The predicted octanol–water partition coefficient (Wildman–Crippen LogP) is 14.0. The number of hydrogen-bond donors (Lipinski definition) is 0. The molecule has 2 heteroatoms. The molecule has 0 bridgehead atoms. The molecule has 0 spiro atoms. The molecule has 0 radical (unpaired) electrons. The lowest BCUT2D eigenvalue weighted by Gasteiger charge is -2.31. The molecule has 53 heavy (non-hydrogen) atoms. The summed E-state index contributed by atoms with van der Waals surface area (Å²) in [6.07, 6.45) is 6.93. The largest absolute Gasteiger partial charge is 0.310 e. The van der Waals surface area contributed by atoms with Gasteiger partial charge in [-0.05, 0) is 94.8 Å². The SMILES string of the molecule is CC1(C)C2=C(CCC=C2)c2ccc(N(c3ccccc3)c3cccc(-c4ccccc4)c3-c3cccc4c5ccccc5n(-c5ccccc5)c34)cc21. The van der Waals surface area contributed by atoms with E-state index in [0.717, 1.165) is 35.6 Å². The number of anilines is 3. The van der Waals surface area contributed by atoms with Gasteiger partial charge in [0.05, 0.1) is 16.7 Å². The first-order valence-corrected chi connectivity index (χ1v) is 18.8. The number of fused-ring (bicyclic) bond motifs is 5. The molecule has 254 valence electrons. The fraction of sp³-hybridized carbons (Fsp3) is 0.0980. The van der Waals surface area contributed by atoms with Crippen LogP contribution < -0.4 is 4.90 Å². The lowest BCUT2D eigenvalue weighted by Crippen LogP contribution is -2.18. The molecule has 0 atom stereocenters. The molecule has 0 aliphatic heterocycles. The van der Waals surface area contributed by atoms with E-state index in [1.54, 1.807) is 0 Å². The first-order valence-electron chi connectivity index (χ1n) is 18.8. The molecule has 0 unspecified atom stereocenters. The van der Waals surface area contributed by atoms with Crippen molar-refractivity contribution >= 4 is 44.4 Å². The molecule has 10 rings (SSSR count). The van der Waals surface area contributed by atoms with Gasteiger partial charge in [0.25, 0.3) is 0 Å². The Labute approximate surface area is 311 Å². The molecule has 7 aromatic carbocycles. The van der Waals surface area contributed by atoms with Crippen LogP contribution in [0.25, 0.3) is 55.3 Å². The molecule has 0 N–H and O–H groups in total. The number of hydrogen-bond acceptors (Lipinski definition) is 1. The van der Waals surface area contributed by atoms with Crippen LogP contribution in [0.3, 0.4) is 0 Å². The molecular weight excluding hydrogens is 641 g/mol. The molecule has 1 aromatic heterocycles. The molecule has 8 aromatic rings. The van der Waals surface area contributed by atoms with Gasteiger partial charge in [-0.3, -0.25) is 0 Å². The van der Waals surface area contributed by atoms with E-state index in [2.05, 4.69) is 205 Å². The predicted molar refractivity (Wildman–Crippen MR) is 225 cm³/mol. The minimum absolute atomic E-state index is 0.0725. The van der Waals surface area contributed by atoms with Crippen LogP contribution in [0.1, 0.15) is 37.8 Å². The smallest absolute Gasteiger partial charge is 0.0620 e. The highest BCUT2D eigenvalue weighted by atomic mass is 15.1.